The Balaban J connectivity index is 2.67. The molecular formula is C14H25N3O2S. The van der Waals surface area contributed by atoms with Gasteiger partial charge < -0.3 is 10.6 Å². The number of aryl methyl sites for hydroxylation is 1. The fourth-order valence-electron chi connectivity index (χ4n) is 1.88. The lowest BCUT2D eigenvalue weighted by Gasteiger charge is -2.23. The molecule has 0 saturated heterocycles. The van der Waals surface area contributed by atoms with Crippen molar-refractivity contribution >= 4 is 15.7 Å². The van der Waals surface area contributed by atoms with Gasteiger partial charge in [0.2, 0.25) is 10.0 Å². The van der Waals surface area contributed by atoms with Crippen LogP contribution in [0.5, 0.6) is 0 Å². The van der Waals surface area contributed by atoms with Crippen LogP contribution < -0.4 is 10.5 Å². The van der Waals surface area contributed by atoms with Crippen LogP contribution in [0.15, 0.2) is 23.1 Å². The lowest BCUT2D eigenvalue weighted by Crippen LogP contribution is -2.37. The molecule has 3 N–H and O–H groups in total. The molecule has 0 aromatic heterocycles. The summed E-state index contributed by atoms with van der Waals surface area (Å²) in [6.45, 7) is 7.14. The van der Waals surface area contributed by atoms with Crippen molar-refractivity contribution in [1.29, 1.82) is 0 Å². The van der Waals surface area contributed by atoms with Gasteiger partial charge in [-0.05, 0) is 45.0 Å². The van der Waals surface area contributed by atoms with Crippen molar-refractivity contribution in [2.45, 2.75) is 38.1 Å². The van der Waals surface area contributed by atoms with E-state index in [1.165, 1.54) is 0 Å². The van der Waals surface area contributed by atoms with E-state index in [0.717, 1.165) is 12.0 Å². The quantitative estimate of drug-likeness (QED) is 0.750. The summed E-state index contributed by atoms with van der Waals surface area (Å²) < 4.78 is 26.9. The van der Waals surface area contributed by atoms with Gasteiger partial charge in [0.1, 0.15) is 4.90 Å². The minimum absolute atomic E-state index is 0.147. The van der Waals surface area contributed by atoms with Gasteiger partial charge >= 0.3 is 0 Å². The Morgan fingerprint density at radius 3 is 2.60 bits per heavy atom. The number of hydrogen-bond acceptors (Lipinski definition) is 4. The summed E-state index contributed by atoms with van der Waals surface area (Å²) >= 11 is 0. The van der Waals surface area contributed by atoms with E-state index in [0.29, 0.717) is 19.1 Å². The number of nitrogens with one attached hydrogen (secondary N) is 1. The number of rotatable bonds is 7. The van der Waals surface area contributed by atoms with Gasteiger partial charge in [0.05, 0.1) is 5.69 Å². The van der Waals surface area contributed by atoms with Crippen LogP contribution in [-0.4, -0.2) is 39.5 Å². The maximum Gasteiger partial charge on any atom is 0.242 e. The van der Waals surface area contributed by atoms with E-state index in [2.05, 4.69) is 23.5 Å². The van der Waals surface area contributed by atoms with Gasteiger partial charge in [-0.1, -0.05) is 13.0 Å². The minimum Gasteiger partial charge on any atom is -0.398 e. The Kier molecular flexibility index (Phi) is 5.98. The number of nitrogen functional groups attached to an aromatic ring is 1. The van der Waals surface area contributed by atoms with Crippen molar-refractivity contribution in [3.63, 3.8) is 0 Å². The minimum atomic E-state index is -3.54. The topological polar surface area (TPSA) is 75.4 Å². The number of benzene rings is 1. The summed E-state index contributed by atoms with van der Waals surface area (Å²) in [7, 11) is -1.55. The zero-order valence-corrected chi connectivity index (χ0v) is 13.5. The van der Waals surface area contributed by atoms with Crippen LogP contribution in [0.4, 0.5) is 5.69 Å². The molecule has 0 heterocycles. The first-order valence-electron chi connectivity index (χ1n) is 6.84. The predicted molar refractivity (Wildman–Crippen MR) is 83.2 cm³/mol. The molecule has 1 atom stereocenters. The molecule has 1 rings (SSSR count). The van der Waals surface area contributed by atoms with E-state index in [1.54, 1.807) is 18.2 Å². The summed E-state index contributed by atoms with van der Waals surface area (Å²) in [6, 6.07) is 5.39. The smallest absolute Gasteiger partial charge is 0.242 e. The monoisotopic (exact) mass is 299 g/mol. The van der Waals surface area contributed by atoms with E-state index in [9.17, 15) is 8.42 Å². The summed E-state index contributed by atoms with van der Waals surface area (Å²) in [6.07, 6.45) is 1.04. The first-order chi connectivity index (χ1) is 9.27. The zero-order valence-electron chi connectivity index (χ0n) is 12.7. The lowest BCUT2D eigenvalue weighted by atomic mass is 10.2. The van der Waals surface area contributed by atoms with Gasteiger partial charge in [-0.3, -0.25) is 0 Å². The van der Waals surface area contributed by atoms with Crippen LogP contribution in [0.2, 0.25) is 0 Å². The van der Waals surface area contributed by atoms with Crippen LogP contribution >= 0.6 is 0 Å². The number of nitrogens with zero attached hydrogens (tertiary/aromatic N) is 1. The molecule has 0 fully saturated rings. The number of sulfonamides is 1. The summed E-state index contributed by atoms with van der Waals surface area (Å²) in [5.74, 6) is 0. The number of hydrogen-bond donors (Lipinski definition) is 2. The molecular weight excluding hydrogens is 274 g/mol. The van der Waals surface area contributed by atoms with Crippen LogP contribution in [-0.2, 0) is 10.0 Å². The molecule has 0 bridgehead atoms. The first kappa shape index (κ1) is 16.9. The maximum absolute atomic E-state index is 12.2. The van der Waals surface area contributed by atoms with Crippen molar-refractivity contribution in [1.82, 2.24) is 9.62 Å². The number of likely N-dealkylation sites (N-methyl/N-ethyl adjacent to an activating group) is 1. The van der Waals surface area contributed by atoms with Crippen molar-refractivity contribution in [3.05, 3.63) is 23.8 Å². The molecule has 0 saturated carbocycles. The highest BCUT2D eigenvalue weighted by Crippen LogP contribution is 2.19. The molecule has 1 unspecified atom stereocenters. The third-order valence-corrected chi connectivity index (χ3v) is 5.09. The van der Waals surface area contributed by atoms with Crippen molar-refractivity contribution in [2.75, 3.05) is 25.9 Å². The molecule has 1 aromatic carbocycles. The molecule has 6 heteroatoms. The molecule has 20 heavy (non-hydrogen) atoms. The SMILES string of the molecule is CCC(C)N(C)CCNS(=O)(=O)c1ccc(C)cc1N. The molecule has 1 aromatic rings. The molecule has 0 aliphatic carbocycles. The second-order valence-corrected chi connectivity index (χ2v) is 6.91. The summed E-state index contributed by atoms with van der Waals surface area (Å²) in [5, 5.41) is 0. The van der Waals surface area contributed by atoms with Gasteiger partial charge in [0.25, 0.3) is 0 Å². The van der Waals surface area contributed by atoms with E-state index < -0.39 is 10.0 Å². The standard InChI is InChI=1S/C14H25N3O2S/c1-5-12(3)17(4)9-8-16-20(18,19)14-7-6-11(2)10-13(14)15/h6-7,10,12,16H,5,8-9,15H2,1-4H3. The van der Waals surface area contributed by atoms with Gasteiger partial charge in [-0.25, -0.2) is 13.1 Å². The third kappa shape index (κ3) is 4.47. The van der Waals surface area contributed by atoms with Gasteiger partial charge in [0, 0.05) is 19.1 Å². The molecule has 0 aliphatic heterocycles. The Labute approximate surface area is 122 Å². The average molecular weight is 299 g/mol. The third-order valence-electron chi connectivity index (χ3n) is 3.55. The molecule has 0 aliphatic rings. The Bertz CT molecular complexity index is 543. The van der Waals surface area contributed by atoms with Crippen LogP contribution in [0.3, 0.4) is 0 Å². The fraction of sp³-hybridized carbons (Fsp3) is 0.571. The van der Waals surface area contributed by atoms with Crippen LogP contribution in [0, 0.1) is 6.92 Å². The molecule has 0 radical (unpaired) electrons. The van der Waals surface area contributed by atoms with E-state index in [-0.39, 0.29) is 10.6 Å². The highest BCUT2D eigenvalue weighted by atomic mass is 32.2. The van der Waals surface area contributed by atoms with Gasteiger partial charge in [-0.15, -0.1) is 0 Å². The van der Waals surface area contributed by atoms with Gasteiger partial charge in [-0.2, -0.15) is 0 Å². The zero-order chi connectivity index (χ0) is 15.3. The molecule has 0 spiro atoms. The van der Waals surface area contributed by atoms with Crippen molar-refractivity contribution < 1.29 is 8.42 Å². The van der Waals surface area contributed by atoms with Crippen LogP contribution in [0.25, 0.3) is 0 Å². The lowest BCUT2D eigenvalue weighted by molar-refractivity contribution is 0.256. The Morgan fingerprint density at radius 2 is 2.05 bits per heavy atom. The Hall–Kier alpha value is -1.11. The second-order valence-electron chi connectivity index (χ2n) is 5.18. The van der Waals surface area contributed by atoms with Gasteiger partial charge in [0.15, 0.2) is 0 Å². The number of anilines is 1. The molecule has 5 nitrogen and oxygen atoms in total. The number of nitrogens with two attached hydrogens (primary N) is 1. The predicted octanol–water partition coefficient (Wildman–Crippen LogP) is 1.59. The highest BCUT2D eigenvalue weighted by Gasteiger charge is 2.17. The van der Waals surface area contributed by atoms with Crippen LogP contribution in [0.1, 0.15) is 25.8 Å². The fourth-order valence-corrected chi connectivity index (χ4v) is 3.01. The van der Waals surface area contributed by atoms with E-state index >= 15 is 0 Å². The largest absolute Gasteiger partial charge is 0.398 e. The summed E-state index contributed by atoms with van der Waals surface area (Å²) in [5.41, 5.74) is 7.01. The first-order valence-corrected chi connectivity index (χ1v) is 8.32. The summed E-state index contributed by atoms with van der Waals surface area (Å²) in [4.78, 5) is 2.27. The normalized spacial score (nSPS) is 13.7. The average Bonchev–Trinajstić information content (AvgIpc) is 2.36. The van der Waals surface area contributed by atoms with E-state index in [4.69, 9.17) is 5.73 Å². The molecule has 0 amide bonds. The van der Waals surface area contributed by atoms with Crippen molar-refractivity contribution in [2.24, 2.45) is 0 Å². The second kappa shape index (κ2) is 7.06. The highest BCUT2D eigenvalue weighted by molar-refractivity contribution is 7.89. The molecule has 114 valence electrons. The maximum atomic E-state index is 12.2. The van der Waals surface area contributed by atoms with E-state index in [1.807, 2.05) is 14.0 Å². The Morgan fingerprint density at radius 1 is 1.40 bits per heavy atom. The van der Waals surface area contributed by atoms with Crippen molar-refractivity contribution in [3.8, 4) is 0 Å².